The number of ether oxygens (including phenoxy) is 2. The molecule has 1 aromatic rings. The van der Waals surface area contributed by atoms with Gasteiger partial charge in [-0.15, -0.1) is 0 Å². The molecule has 1 saturated heterocycles. The maximum atomic E-state index is 12.6. The molecule has 0 bridgehead atoms. The lowest BCUT2D eigenvalue weighted by molar-refractivity contribution is 0.0393. The number of rotatable bonds is 3. The highest BCUT2D eigenvalue weighted by Crippen LogP contribution is 2.28. The molecular weight excluding hydrogens is 268 g/mol. The summed E-state index contributed by atoms with van der Waals surface area (Å²) in [6.07, 6.45) is 0. The van der Waals surface area contributed by atoms with Gasteiger partial charge in [0, 0.05) is 18.7 Å². The normalized spacial score (nSPS) is 21.3. The van der Waals surface area contributed by atoms with Crippen LogP contribution in [0.2, 0.25) is 0 Å². The highest BCUT2D eigenvalue weighted by atomic mass is 32.2. The molecule has 2 N–H and O–H groups in total. The van der Waals surface area contributed by atoms with Gasteiger partial charge >= 0.3 is 0 Å². The van der Waals surface area contributed by atoms with E-state index in [0.29, 0.717) is 25.5 Å². The van der Waals surface area contributed by atoms with Crippen molar-refractivity contribution >= 4 is 15.7 Å². The second-order valence-electron chi connectivity index (χ2n) is 4.44. The number of anilines is 1. The number of nitrogen functional groups attached to an aromatic ring is 1. The molecule has 0 spiro atoms. The molecule has 0 saturated carbocycles. The van der Waals surface area contributed by atoms with E-state index in [1.807, 2.05) is 6.92 Å². The van der Waals surface area contributed by atoms with Crippen molar-refractivity contribution in [3.63, 3.8) is 0 Å². The van der Waals surface area contributed by atoms with Crippen LogP contribution in [0.3, 0.4) is 0 Å². The van der Waals surface area contributed by atoms with Gasteiger partial charge in [-0.05, 0) is 19.1 Å². The number of methoxy groups -OCH3 is 1. The van der Waals surface area contributed by atoms with E-state index < -0.39 is 10.0 Å². The standard InChI is InChI=1S/C12H18N2O4S/c1-9-8-18-6-5-14(9)19(15,16)12-4-3-10(17-2)7-11(12)13/h3-4,7,9H,5-6,8,13H2,1-2H3. The molecule has 0 aliphatic carbocycles. The first-order chi connectivity index (χ1) is 8.96. The summed E-state index contributed by atoms with van der Waals surface area (Å²) in [5, 5.41) is 0. The van der Waals surface area contributed by atoms with E-state index in [1.54, 1.807) is 6.07 Å². The first kappa shape index (κ1) is 14.1. The van der Waals surface area contributed by atoms with Crippen LogP contribution in [0, 0.1) is 0 Å². The minimum Gasteiger partial charge on any atom is -0.497 e. The van der Waals surface area contributed by atoms with Crippen molar-refractivity contribution < 1.29 is 17.9 Å². The monoisotopic (exact) mass is 286 g/mol. The molecule has 19 heavy (non-hydrogen) atoms. The number of hydrogen-bond donors (Lipinski definition) is 1. The van der Waals surface area contributed by atoms with Crippen LogP contribution in [0.1, 0.15) is 6.92 Å². The zero-order valence-electron chi connectivity index (χ0n) is 11.0. The van der Waals surface area contributed by atoms with Gasteiger partial charge in [-0.25, -0.2) is 8.42 Å². The van der Waals surface area contributed by atoms with Crippen molar-refractivity contribution in [3.8, 4) is 5.75 Å². The van der Waals surface area contributed by atoms with Crippen LogP contribution in [0.5, 0.6) is 5.75 Å². The molecule has 1 aliphatic rings. The highest BCUT2D eigenvalue weighted by Gasteiger charge is 2.32. The lowest BCUT2D eigenvalue weighted by atomic mass is 10.3. The largest absolute Gasteiger partial charge is 0.497 e. The molecule has 2 rings (SSSR count). The fourth-order valence-electron chi connectivity index (χ4n) is 2.08. The number of nitrogens with two attached hydrogens (primary N) is 1. The third-order valence-electron chi connectivity index (χ3n) is 3.11. The van der Waals surface area contributed by atoms with Crippen molar-refractivity contribution in [2.75, 3.05) is 32.6 Å². The average molecular weight is 286 g/mol. The van der Waals surface area contributed by atoms with Crippen LogP contribution in [0.4, 0.5) is 5.69 Å². The van der Waals surface area contributed by atoms with E-state index in [1.165, 1.54) is 23.5 Å². The summed E-state index contributed by atoms with van der Waals surface area (Å²) in [5.41, 5.74) is 6.01. The molecule has 1 heterocycles. The minimum atomic E-state index is -3.59. The minimum absolute atomic E-state index is 0.113. The number of morpholine rings is 1. The Kier molecular flexibility index (Phi) is 3.98. The Morgan fingerprint density at radius 1 is 1.47 bits per heavy atom. The molecule has 0 aromatic heterocycles. The van der Waals surface area contributed by atoms with Crippen molar-refractivity contribution in [1.82, 2.24) is 4.31 Å². The zero-order chi connectivity index (χ0) is 14.0. The molecule has 106 valence electrons. The van der Waals surface area contributed by atoms with Crippen LogP contribution in [0.15, 0.2) is 23.1 Å². The Balaban J connectivity index is 2.38. The number of nitrogens with zero attached hydrogens (tertiary/aromatic N) is 1. The van der Waals surface area contributed by atoms with E-state index in [0.717, 1.165) is 0 Å². The van der Waals surface area contributed by atoms with Crippen molar-refractivity contribution in [1.29, 1.82) is 0 Å². The smallest absolute Gasteiger partial charge is 0.245 e. The summed E-state index contributed by atoms with van der Waals surface area (Å²) >= 11 is 0. The Hall–Kier alpha value is -1.31. The summed E-state index contributed by atoms with van der Waals surface area (Å²) in [7, 11) is -2.09. The van der Waals surface area contributed by atoms with E-state index in [-0.39, 0.29) is 16.6 Å². The van der Waals surface area contributed by atoms with Crippen LogP contribution in [-0.2, 0) is 14.8 Å². The molecule has 7 heteroatoms. The van der Waals surface area contributed by atoms with Crippen LogP contribution >= 0.6 is 0 Å². The molecule has 6 nitrogen and oxygen atoms in total. The van der Waals surface area contributed by atoms with Gasteiger partial charge in [0.2, 0.25) is 10.0 Å². The zero-order valence-corrected chi connectivity index (χ0v) is 11.8. The fraction of sp³-hybridized carbons (Fsp3) is 0.500. The van der Waals surface area contributed by atoms with E-state index >= 15 is 0 Å². The summed E-state index contributed by atoms with van der Waals surface area (Å²) in [6.45, 7) is 2.96. The highest BCUT2D eigenvalue weighted by molar-refractivity contribution is 7.89. The lowest BCUT2D eigenvalue weighted by Gasteiger charge is -2.32. The first-order valence-electron chi connectivity index (χ1n) is 6.00. The van der Waals surface area contributed by atoms with Gasteiger partial charge in [-0.3, -0.25) is 0 Å². The lowest BCUT2D eigenvalue weighted by Crippen LogP contribution is -2.47. The molecule has 1 atom stereocenters. The fourth-order valence-corrected chi connectivity index (χ4v) is 3.78. The van der Waals surface area contributed by atoms with Crippen molar-refractivity contribution in [2.45, 2.75) is 17.9 Å². The van der Waals surface area contributed by atoms with Gasteiger partial charge in [0.15, 0.2) is 0 Å². The molecule has 1 aromatic carbocycles. The van der Waals surface area contributed by atoms with Gasteiger partial charge in [0.1, 0.15) is 10.6 Å². The van der Waals surface area contributed by atoms with E-state index in [4.69, 9.17) is 15.2 Å². The molecular formula is C12H18N2O4S. The quantitative estimate of drug-likeness (QED) is 0.827. The van der Waals surface area contributed by atoms with Crippen molar-refractivity contribution in [2.24, 2.45) is 0 Å². The van der Waals surface area contributed by atoms with E-state index in [2.05, 4.69) is 0 Å². The Morgan fingerprint density at radius 2 is 2.21 bits per heavy atom. The maximum Gasteiger partial charge on any atom is 0.245 e. The van der Waals surface area contributed by atoms with Gasteiger partial charge in [-0.2, -0.15) is 4.31 Å². The third kappa shape index (κ3) is 2.68. The van der Waals surface area contributed by atoms with Crippen LogP contribution in [0.25, 0.3) is 0 Å². The Morgan fingerprint density at radius 3 is 2.79 bits per heavy atom. The van der Waals surface area contributed by atoms with E-state index in [9.17, 15) is 8.42 Å². The average Bonchev–Trinajstić information content (AvgIpc) is 2.38. The van der Waals surface area contributed by atoms with Gasteiger partial charge in [0.05, 0.1) is 26.0 Å². The first-order valence-corrected chi connectivity index (χ1v) is 7.44. The Labute approximate surface area is 113 Å². The second-order valence-corrected chi connectivity index (χ2v) is 6.30. The summed E-state index contributed by atoms with van der Waals surface area (Å²) in [6, 6.07) is 4.39. The SMILES string of the molecule is COc1ccc(S(=O)(=O)N2CCOCC2C)c(N)c1. The topological polar surface area (TPSA) is 81.9 Å². The molecule has 0 radical (unpaired) electrons. The van der Waals surface area contributed by atoms with Gasteiger partial charge < -0.3 is 15.2 Å². The number of sulfonamides is 1. The van der Waals surface area contributed by atoms with Gasteiger partial charge in [0.25, 0.3) is 0 Å². The van der Waals surface area contributed by atoms with Crippen LogP contribution in [-0.4, -0.2) is 45.6 Å². The van der Waals surface area contributed by atoms with Gasteiger partial charge in [-0.1, -0.05) is 0 Å². The predicted octanol–water partition coefficient (Wildman–Crippen LogP) is 0.687. The molecule has 0 amide bonds. The third-order valence-corrected chi connectivity index (χ3v) is 5.20. The summed E-state index contributed by atoms with van der Waals surface area (Å²) in [4.78, 5) is 0.113. The second kappa shape index (κ2) is 5.36. The predicted molar refractivity (Wildman–Crippen MR) is 71.6 cm³/mol. The van der Waals surface area contributed by atoms with Crippen LogP contribution < -0.4 is 10.5 Å². The molecule has 1 aliphatic heterocycles. The molecule has 1 unspecified atom stereocenters. The summed E-state index contributed by atoms with van der Waals surface area (Å²) < 4.78 is 36.8. The summed E-state index contributed by atoms with van der Waals surface area (Å²) in [5.74, 6) is 0.534. The Bertz CT molecular complexity index is 559. The number of hydrogen-bond acceptors (Lipinski definition) is 5. The molecule has 1 fully saturated rings. The number of benzene rings is 1. The van der Waals surface area contributed by atoms with Crippen molar-refractivity contribution in [3.05, 3.63) is 18.2 Å². The maximum absolute atomic E-state index is 12.6.